The van der Waals surface area contributed by atoms with Crippen LogP contribution in [0, 0.1) is 21.4 Å². The summed E-state index contributed by atoms with van der Waals surface area (Å²) in [6.45, 7) is 10.1. The van der Waals surface area contributed by atoms with Crippen molar-refractivity contribution in [2.24, 2.45) is 11.3 Å². The Hall–Kier alpha value is -5.79. The predicted molar refractivity (Wildman–Crippen MR) is 277 cm³/mol. The van der Waals surface area contributed by atoms with Crippen LogP contribution in [0.25, 0.3) is 11.0 Å². The number of rotatable bonds is 12. The van der Waals surface area contributed by atoms with Gasteiger partial charge in [0, 0.05) is 61.7 Å². The number of piperidine rings is 1. The Kier molecular flexibility index (Phi) is 12.2. The number of anilines is 4. The number of ether oxygens (including phenoxy) is 3. The van der Waals surface area contributed by atoms with E-state index in [9.17, 15) is 28.4 Å². The third-order valence-corrected chi connectivity index (χ3v) is 18.9. The number of sulfonamides is 1. The number of carbonyl (C=O) groups is 1. The Balaban J connectivity index is 0.818. The summed E-state index contributed by atoms with van der Waals surface area (Å²) < 4.78 is 49.5. The minimum Gasteiger partial charge on any atom is -0.468 e. The highest BCUT2D eigenvalue weighted by molar-refractivity contribution is 7.90. The molecule has 1 spiro atoms. The first-order valence-electron chi connectivity index (χ1n) is 26.3. The molecule has 5 aromatic rings. The van der Waals surface area contributed by atoms with Crippen molar-refractivity contribution in [1.29, 1.82) is 0 Å². The van der Waals surface area contributed by atoms with E-state index >= 15 is 0 Å². The molecular weight excluding hydrogens is 949 g/mol. The molecule has 5 aliphatic heterocycles. The molecule has 386 valence electrons. The van der Waals surface area contributed by atoms with E-state index in [0.717, 1.165) is 81.8 Å². The van der Waals surface area contributed by atoms with Gasteiger partial charge in [0.15, 0.2) is 0 Å². The molecule has 1 amide bonds. The van der Waals surface area contributed by atoms with E-state index in [1.807, 2.05) is 37.4 Å². The van der Waals surface area contributed by atoms with Crippen LogP contribution < -0.4 is 24.6 Å². The zero-order chi connectivity index (χ0) is 50.4. The van der Waals surface area contributed by atoms with E-state index in [0.29, 0.717) is 79.9 Å². The van der Waals surface area contributed by atoms with Crippen molar-refractivity contribution in [2.45, 2.75) is 138 Å². The first-order chi connectivity index (χ1) is 35.1. The highest BCUT2D eigenvalue weighted by atomic mass is 32.2. The number of nitro groups is 1. The first-order valence-corrected chi connectivity index (χ1v) is 27.8. The lowest BCUT2D eigenvalue weighted by atomic mass is 9.59. The van der Waals surface area contributed by atoms with Crippen molar-refractivity contribution in [1.82, 2.24) is 19.6 Å². The average molecular weight is 1020 g/mol. The number of aromatic amines is 1. The monoisotopic (exact) mass is 1010 g/mol. The highest BCUT2D eigenvalue weighted by Crippen LogP contribution is 2.57. The summed E-state index contributed by atoms with van der Waals surface area (Å²) in [7, 11) is -4.62. The number of hydrogen-bond donors (Lipinski definition) is 4. The number of nitrogens with one attached hydrogen (secondary N) is 3. The van der Waals surface area contributed by atoms with E-state index in [4.69, 9.17) is 19.2 Å². The molecule has 4 saturated heterocycles. The molecular formula is C55H66N8O9S. The fourth-order valence-electron chi connectivity index (χ4n) is 13.5. The summed E-state index contributed by atoms with van der Waals surface area (Å²) in [5.74, 6) is 0.128. The number of nitro benzene ring substituents is 1. The van der Waals surface area contributed by atoms with E-state index < -0.39 is 43.1 Å². The molecule has 0 radical (unpaired) electrons. The SMILES string of the molecule is CC(C)c1ccccc1[C@@H]1[C@H]2C[C@H](CO2)N1C1CC2(CCN(c3ccc(C(=O)NS(=O)(=O)c4ccc(NC[C@H]5CC[C@](C)(O)CC5)c([N+](=O)[O-])c4)c(N4c5cc6cc[nH]c6nc5O[C@H]5COCC[C@@H]54)c3)CC2)C1. The van der Waals surface area contributed by atoms with Crippen LogP contribution in [0.4, 0.5) is 28.4 Å². The van der Waals surface area contributed by atoms with Gasteiger partial charge in [-0.15, -0.1) is 0 Å². The number of pyridine rings is 1. The summed E-state index contributed by atoms with van der Waals surface area (Å²) in [6.07, 6.45) is 10.5. The van der Waals surface area contributed by atoms with Gasteiger partial charge in [-0.05, 0) is 142 Å². The summed E-state index contributed by atoms with van der Waals surface area (Å²) in [5, 5.41) is 26.8. The maximum absolute atomic E-state index is 14.7. The summed E-state index contributed by atoms with van der Waals surface area (Å²) in [6, 6.07) is 23.1. The lowest BCUT2D eigenvalue weighted by Crippen LogP contribution is -2.58. The Morgan fingerprint density at radius 2 is 1.75 bits per heavy atom. The Bertz CT molecular complexity index is 3050. The van der Waals surface area contributed by atoms with Crippen molar-refractivity contribution in [3.63, 3.8) is 0 Å². The van der Waals surface area contributed by atoms with Gasteiger partial charge in [-0.2, -0.15) is 4.98 Å². The van der Waals surface area contributed by atoms with E-state index in [1.165, 1.54) is 23.3 Å². The smallest absolute Gasteiger partial charge is 0.293 e. The lowest BCUT2D eigenvalue weighted by molar-refractivity contribution is -0.384. The number of benzene rings is 3. The second kappa shape index (κ2) is 18.5. The van der Waals surface area contributed by atoms with Gasteiger partial charge >= 0.3 is 0 Å². The number of aliphatic hydroxyl groups is 1. The summed E-state index contributed by atoms with van der Waals surface area (Å²) in [5.41, 5.74) is 4.96. The molecule has 7 heterocycles. The van der Waals surface area contributed by atoms with Crippen molar-refractivity contribution in [3.8, 4) is 5.88 Å². The van der Waals surface area contributed by atoms with E-state index in [-0.39, 0.29) is 40.8 Å². The van der Waals surface area contributed by atoms with Crippen LogP contribution in [-0.4, -0.2) is 115 Å². The summed E-state index contributed by atoms with van der Waals surface area (Å²) >= 11 is 0. The first kappa shape index (κ1) is 48.2. The predicted octanol–water partition coefficient (Wildman–Crippen LogP) is 8.72. The van der Waals surface area contributed by atoms with Crippen molar-refractivity contribution in [3.05, 3.63) is 106 Å². The Morgan fingerprint density at radius 3 is 2.53 bits per heavy atom. The molecule has 18 heteroatoms. The van der Waals surface area contributed by atoms with Crippen LogP contribution in [-0.2, 0) is 19.5 Å². The number of aromatic nitrogens is 2. The van der Waals surface area contributed by atoms with Gasteiger partial charge < -0.3 is 39.4 Å². The minimum absolute atomic E-state index is 0.117. The molecule has 73 heavy (non-hydrogen) atoms. The number of fused-ring (bicyclic) bond motifs is 5. The van der Waals surface area contributed by atoms with Crippen molar-refractivity contribution < 1.29 is 37.5 Å². The summed E-state index contributed by atoms with van der Waals surface area (Å²) in [4.78, 5) is 41.4. The number of nitrogens with zero attached hydrogens (tertiary/aromatic N) is 5. The molecule has 17 nitrogen and oxygen atoms in total. The fraction of sp³-hybridized carbons (Fsp3) is 0.527. The van der Waals surface area contributed by atoms with Gasteiger partial charge in [0.25, 0.3) is 21.6 Å². The van der Waals surface area contributed by atoms with Crippen LogP contribution in [0.2, 0.25) is 0 Å². The normalized spacial score (nSPS) is 27.9. The molecule has 2 aliphatic carbocycles. The molecule has 12 rings (SSSR count). The molecule has 6 fully saturated rings. The van der Waals surface area contributed by atoms with Gasteiger partial charge in [0.2, 0.25) is 5.88 Å². The third-order valence-electron chi connectivity index (χ3n) is 17.5. The maximum atomic E-state index is 14.7. The second-order valence-electron chi connectivity index (χ2n) is 22.6. The number of H-pyrrole nitrogens is 1. The maximum Gasteiger partial charge on any atom is 0.293 e. The average Bonchev–Trinajstić information content (AvgIpc) is 4.14. The highest BCUT2D eigenvalue weighted by Gasteiger charge is 2.57. The van der Waals surface area contributed by atoms with Gasteiger partial charge in [0.1, 0.15) is 23.1 Å². The Morgan fingerprint density at radius 1 is 0.959 bits per heavy atom. The standard InChI is InChI=1S/C55H66N8O9S/c1-33(2)40-6-4-5-7-41(40)50-48-26-37(31-71-48)61(50)38-28-55(29-38)18-21-60(22-19-55)36-8-10-42(45(25-36)62-44-15-23-70-32-49(44)72-53-47(62)24-35-14-20-56-51(35)58-53)52(64)59-73(68,69)39-9-11-43(46(27-39)63(66)67)57-30-34-12-16-54(3,65)17-13-34/h4-11,14,20,24-25,27,33-34,37-38,44,48-50,57,65H,12-13,15-19,21-23,26,28-32H2,1-3H3,(H,56,58)(H,59,64)/t34-,37-,44+,48-,49+,50-,54-/m1/s1. The third kappa shape index (κ3) is 8.89. The van der Waals surface area contributed by atoms with Gasteiger partial charge in [0.05, 0.1) is 58.1 Å². The zero-order valence-electron chi connectivity index (χ0n) is 41.8. The topological polar surface area (TPSA) is 205 Å². The van der Waals surface area contributed by atoms with Gasteiger partial charge in [-0.3, -0.25) is 19.8 Å². The Labute approximate surface area is 426 Å². The number of hydrogen-bond acceptors (Lipinski definition) is 14. The lowest BCUT2D eigenvalue weighted by Gasteiger charge is -2.57. The van der Waals surface area contributed by atoms with Crippen LogP contribution in [0.5, 0.6) is 5.88 Å². The largest absolute Gasteiger partial charge is 0.468 e. The molecule has 5 atom stereocenters. The van der Waals surface area contributed by atoms with Crippen molar-refractivity contribution >= 4 is 55.4 Å². The second-order valence-corrected chi connectivity index (χ2v) is 24.2. The molecule has 2 saturated carbocycles. The zero-order valence-corrected chi connectivity index (χ0v) is 42.6. The van der Waals surface area contributed by atoms with E-state index in [1.54, 1.807) is 6.07 Å². The van der Waals surface area contributed by atoms with Gasteiger partial charge in [-0.25, -0.2) is 13.1 Å². The van der Waals surface area contributed by atoms with Gasteiger partial charge in [-0.1, -0.05) is 38.1 Å². The van der Waals surface area contributed by atoms with Crippen LogP contribution in [0.15, 0.2) is 83.9 Å². The molecule has 0 unspecified atom stereocenters. The number of likely N-dealkylation sites (tertiary alicyclic amines) is 1. The molecule has 3 aromatic carbocycles. The number of morpholine rings is 1. The molecule has 2 bridgehead atoms. The number of amides is 1. The number of carbonyl (C=O) groups excluding carboxylic acids is 1. The van der Waals surface area contributed by atoms with Crippen molar-refractivity contribution in [2.75, 3.05) is 54.6 Å². The molecule has 7 aliphatic rings. The molecule has 2 aromatic heterocycles. The van der Waals surface area contributed by atoms with Crippen LogP contribution in [0.3, 0.4) is 0 Å². The van der Waals surface area contributed by atoms with E-state index in [2.05, 4.69) is 67.8 Å². The molecule has 4 N–H and O–H groups in total. The fourth-order valence-corrected chi connectivity index (χ4v) is 14.5. The van der Waals surface area contributed by atoms with Crippen LogP contribution in [0.1, 0.15) is 118 Å². The minimum atomic E-state index is -4.62. The quantitative estimate of drug-likeness (QED) is 0.0682. The van der Waals surface area contributed by atoms with Crippen LogP contribution >= 0.6 is 0 Å².